The third-order valence-electron chi connectivity index (χ3n) is 4.96. The molecule has 0 aliphatic carbocycles. The molecule has 106 valence electrons. The molecule has 2 heterocycles. The van der Waals surface area contributed by atoms with Gasteiger partial charge in [0.05, 0.1) is 0 Å². The Morgan fingerprint density at radius 1 is 1.00 bits per heavy atom. The summed E-state index contributed by atoms with van der Waals surface area (Å²) in [6.45, 7) is 8.76. The van der Waals surface area contributed by atoms with E-state index in [-0.39, 0.29) is 0 Å². The average Bonchev–Trinajstić information content (AvgIpc) is 2.56. The predicted octanol–water partition coefficient (Wildman–Crippen LogP) is 1.79. The van der Waals surface area contributed by atoms with Gasteiger partial charge in [-0.2, -0.15) is 0 Å². The largest absolute Gasteiger partial charge is 0.313 e. The minimum atomic E-state index is 0.532. The molecule has 0 radical (unpaired) electrons. The highest BCUT2D eigenvalue weighted by Crippen LogP contribution is 2.29. The van der Waals surface area contributed by atoms with Crippen LogP contribution in [0.3, 0.4) is 0 Å². The molecule has 0 spiro atoms. The molecular formula is C15H31N3. The molecule has 1 unspecified atom stereocenters. The first-order valence-corrected chi connectivity index (χ1v) is 7.68. The van der Waals surface area contributed by atoms with Gasteiger partial charge in [0, 0.05) is 12.6 Å². The SMILES string of the molecule is CN1CCCC(NCC2(C)CCN(C)CC2)CC1. The third-order valence-corrected chi connectivity index (χ3v) is 4.96. The fourth-order valence-electron chi connectivity index (χ4n) is 3.17. The first-order chi connectivity index (χ1) is 8.57. The highest BCUT2D eigenvalue weighted by atomic mass is 15.1. The molecule has 0 saturated carbocycles. The van der Waals surface area contributed by atoms with Gasteiger partial charge in [-0.15, -0.1) is 0 Å². The van der Waals surface area contributed by atoms with Gasteiger partial charge in [0.2, 0.25) is 0 Å². The zero-order chi connectivity index (χ0) is 13.0. The summed E-state index contributed by atoms with van der Waals surface area (Å²) in [4.78, 5) is 4.93. The number of likely N-dealkylation sites (tertiary alicyclic amines) is 2. The predicted molar refractivity (Wildman–Crippen MR) is 78.0 cm³/mol. The Bertz CT molecular complexity index is 246. The lowest BCUT2D eigenvalue weighted by Crippen LogP contribution is -2.44. The summed E-state index contributed by atoms with van der Waals surface area (Å²) in [6.07, 6.45) is 6.74. The van der Waals surface area contributed by atoms with E-state index in [0.29, 0.717) is 5.41 Å². The van der Waals surface area contributed by atoms with Gasteiger partial charge in [0.25, 0.3) is 0 Å². The first-order valence-electron chi connectivity index (χ1n) is 7.68. The Morgan fingerprint density at radius 3 is 2.39 bits per heavy atom. The van der Waals surface area contributed by atoms with Crippen LogP contribution in [0, 0.1) is 5.41 Å². The average molecular weight is 253 g/mol. The van der Waals surface area contributed by atoms with Crippen LogP contribution in [0.1, 0.15) is 39.0 Å². The van der Waals surface area contributed by atoms with Crippen LogP contribution in [0.4, 0.5) is 0 Å². The van der Waals surface area contributed by atoms with Crippen molar-refractivity contribution in [1.82, 2.24) is 15.1 Å². The van der Waals surface area contributed by atoms with Crippen molar-refractivity contribution in [2.24, 2.45) is 5.41 Å². The van der Waals surface area contributed by atoms with E-state index in [0.717, 1.165) is 6.04 Å². The highest BCUT2D eigenvalue weighted by Gasteiger charge is 2.29. The first kappa shape index (κ1) is 14.3. The minimum Gasteiger partial charge on any atom is -0.313 e. The van der Waals surface area contributed by atoms with Crippen LogP contribution >= 0.6 is 0 Å². The normalized spacial score (nSPS) is 31.2. The molecule has 2 fully saturated rings. The van der Waals surface area contributed by atoms with Crippen LogP contribution in [0.25, 0.3) is 0 Å². The molecule has 3 nitrogen and oxygen atoms in total. The Kier molecular flexibility index (Phi) is 5.05. The summed E-state index contributed by atoms with van der Waals surface area (Å²) in [6, 6.07) is 0.756. The Hall–Kier alpha value is -0.120. The number of nitrogens with zero attached hydrogens (tertiary/aromatic N) is 2. The molecule has 1 N–H and O–H groups in total. The molecule has 2 aliphatic heterocycles. The molecule has 2 aliphatic rings. The highest BCUT2D eigenvalue weighted by molar-refractivity contribution is 4.85. The van der Waals surface area contributed by atoms with Gasteiger partial charge in [0.1, 0.15) is 0 Å². The quantitative estimate of drug-likeness (QED) is 0.827. The molecule has 2 saturated heterocycles. The molecule has 3 heteroatoms. The van der Waals surface area contributed by atoms with Crippen molar-refractivity contribution in [2.75, 3.05) is 46.8 Å². The maximum atomic E-state index is 3.86. The van der Waals surface area contributed by atoms with Crippen molar-refractivity contribution < 1.29 is 0 Å². The van der Waals surface area contributed by atoms with Gasteiger partial charge in [-0.3, -0.25) is 0 Å². The van der Waals surface area contributed by atoms with Crippen LogP contribution in [0.2, 0.25) is 0 Å². The van der Waals surface area contributed by atoms with E-state index >= 15 is 0 Å². The molecule has 18 heavy (non-hydrogen) atoms. The maximum Gasteiger partial charge on any atom is 0.00799 e. The third kappa shape index (κ3) is 4.22. The van der Waals surface area contributed by atoms with Crippen LogP contribution in [0.15, 0.2) is 0 Å². The van der Waals surface area contributed by atoms with Crippen molar-refractivity contribution in [2.45, 2.75) is 45.1 Å². The second-order valence-electron chi connectivity index (χ2n) is 6.93. The fraction of sp³-hybridized carbons (Fsp3) is 1.00. The number of hydrogen-bond acceptors (Lipinski definition) is 3. The van der Waals surface area contributed by atoms with E-state index in [1.165, 1.54) is 64.8 Å². The van der Waals surface area contributed by atoms with E-state index in [1.54, 1.807) is 0 Å². The fourth-order valence-corrected chi connectivity index (χ4v) is 3.17. The van der Waals surface area contributed by atoms with E-state index in [2.05, 4.69) is 36.1 Å². The number of rotatable bonds is 3. The van der Waals surface area contributed by atoms with Gasteiger partial charge in [-0.1, -0.05) is 6.92 Å². The lowest BCUT2D eigenvalue weighted by Gasteiger charge is -2.39. The molecule has 0 aromatic heterocycles. The summed E-state index contributed by atoms with van der Waals surface area (Å²) in [5.41, 5.74) is 0.532. The van der Waals surface area contributed by atoms with Crippen molar-refractivity contribution >= 4 is 0 Å². The van der Waals surface area contributed by atoms with Crippen molar-refractivity contribution in [3.05, 3.63) is 0 Å². The van der Waals surface area contributed by atoms with E-state index in [1.807, 2.05) is 0 Å². The summed E-state index contributed by atoms with van der Waals surface area (Å²) in [5.74, 6) is 0. The second-order valence-corrected chi connectivity index (χ2v) is 6.93. The Balaban J connectivity index is 1.73. The van der Waals surface area contributed by atoms with Crippen LogP contribution in [-0.4, -0.2) is 62.7 Å². The van der Waals surface area contributed by atoms with Gasteiger partial charge in [-0.25, -0.2) is 0 Å². The number of hydrogen-bond donors (Lipinski definition) is 1. The summed E-state index contributed by atoms with van der Waals surface area (Å²) < 4.78 is 0. The summed E-state index contributed by atoms with van der Waals surface area (Å²) in [7, 11) is 4.49. The zero-order valence-electron chi connectivity index (χ0n) is 12.5. The van der Waals surface area contributed by atoms with Gasteiger partial charge >= 0.3 is 0 Å². The lowest BCUT2D eigenvalue weighted by molar-refractivity contribution is 0.132. The smallest absolute Gasteiger partial charge is 0.00799 e. The van der Waals surface area contributed by atoms with Crippen molar-refractivity contribution in [3.8, 4) is 0 Å². The summed E-state index contributed by atoms with van der Waals surface area (Å²) in [5, 5.41) is 3.86. The van der Waals surface area contributed by atoms with E-state index < -0.39 is 0 Å². The van der Waals surface area contributed by atoms with Crippen LogP contribution < -0.4 is 5.32 Å². The van der Waals surface area contributed by atoms with Crippen molar-refractivity contribution in [3.63, 3.8) is 0 Å². The van der Waals surface area contributed by atoms with Gasteiger partial charge < -0.3 is 15.1 Å². The molecule has 2 rings (SSSR count). The molecule has 0 aromatic rings. The van der Waals surface area contributed by atoms with Crippen LogP contribution in [0.5, 0.6) is 0 Å². The zero-order valence-corrected chi connectivity index (χ0v) is 12.5. The monoisotopic (exact) mass is 253 g/mol. The van der Waals surface area contributed by atoms with E-state index in [4.69, 9.17) is 0 Å². The summed E-state index contributed by atoms with van der Waals surface area (Å²) >= 11 is 0. The van der Waals surface area contributed by atoms with Crippen molar-refractivity contribution in [1.29, 1.82) is 0 Å². The minimum absolute atomic E-state index is 0.532. The second kappa shape index (κ2) is 6.36. The van der Waals surface area contributed by atoms with E-state index in [9.17, 15) is 0 Å². The standard InChI is InChI=1S/C15H31N3/c1-15(7-11-18(3)12-8-15)13-16-14-5-4-9-17(2)10-6-14/h14,16H,4-13H2,1-3H3. The lowest BCUT2D eigenvalue weighted by atomic mass is 9.80. The molecule has 0 amide bonds. The topological polar surface area (TPSA) is 18.5 Å². The Morgan fingerprint density at radius 2 is 1.67 bits per heavy atom. The number of nitrogens with one attached hydrogen (secondary N) is 1. The molecule has 0 aromatic carbocycles. The molecule has 0 bridgehead atoms. The van der Waals surface area contributed by atoms with Gasteiger partial charge in [0.15, 0.2) is 0 Å². The Labute approximate surface area is 113 Å². The van der Waals surface area contributed by atoms with Crippen LogP contribution in [-0.2, 0) is 0 Å². The molecule has 1 atom stereocenters. The maximum absolute atomic E-state index is 3.86. The molecular weight excluding hydrogens is 222 g/mol. The number of piperidine rings is 1. The van der Waals surface area contributed by atoms with Gasteiger partial charge in [-0.05, 0) is 77.8 Å².